The second-order valence-corrected chi connectivity index (χ2v) is 7.38. The Morgan fingerprint density at radius 2 is 1.86 bits per heavy atom. The molecule has 2 rings (SSSR count). The van der Waals surface area contributed by atoms with E-state index in [1.165, 1.54) is 5.56 Å². The Labute approximate surface area is 136 Å². The van der Waals surface area contributed by atoms with Crippen molar-refractivity contribution in [3.8, 4) is 0 Å². The molecule has 0 radical (unpaired) electrons. The predicted octanol–water partition coefficient (Wildman–Crippen LogP) is 2.98. The Hall–Kier alpha value is -1.37. The van der Waals surface area contributed by atoms with E-state index in [0.29, 0.717) is 17.9 Å². The fourth-order valence-electron chi connectivity index (χ4n) is 2.32. The molecule has 0 bridgehead atoms. The summed E-state index contributed by atoms with van der Waals surface area (Å²) in [5.41, 5.74) is 2.26. The van der Waals surface area contributed by atoms with Crippen molar-refractivity contribution in [2.75, 3.05) is 6.54 Å². The lowest BCUT2D eigenvalue weighted by atomic mass is 10.1. The third-order valence-electron chi connectivity index (χ3n) is 3.43. The first-order chi connectivity index (χ1) is 10.4. The fourth-order valence-corrected chi connectivity index (χ4v) is 3.89. The van der Waals surface area contributed by atoms with Crippen molar-refractivity contribution in [3.63, 3.8) is 0 Å². The highest BCUT2D eigenvalue weighted by Crippen LogP contribution is 2.16. The van der Waals surface area contributed by atoms with Gasteiger partial charge in [0.15, 0.2) is 0 Å². The van der Waals surface area contributed by atoms with Crippen LogP contribution in [0.5, 0.6) is 0 Å². The van der Waals surface area contributed by atoms with Crippen LogP contribution in [0.15, 0.2) is 29.2 Å². The van der Waals surface area contributed by atoms with Gasteiger partial charge in [0.25, 0.3) is 0 Å². The monoisotopic (exact) mass is 341 g/mol. The van der Waals surface area contributed by atoms with Crippen molar-refractivity contribution in [1.82, 2.24) is 14.9 Å². The molecule has 0 fully saturated rings. The van der Waals surface area contributed by atoms with Crippen molar-refractivity contribution in [1.29, 1.82) is 0 Å². The summed E-state index contributed by atoms with van der Waals surface area (Å²) >= 11 is 5.84. The van der Waals surface area contributed by atoms with Gasteiger partial charge in [0, 0.05) is 11.6 Å². The summed E-state index contributed by atoms with van der Waals surface area (Å²) in [5, 5.41) is 7.33. The molecule has 0 spiro atoms. The fraction of sp³-hybridized carbons (Fsp3) is 0.400. The van der Waals surface area contributed by atoms with Crippen LogP contribution < -0.4 is 4.72 Å². The second kappa shape index (κ2) is 7.26. The minimum Gasteiger partial charge on any atom is -0.281 e. The molecular formula is C15H20ClN3O2S. The summed E-state index contributed by atoms with van der Waals surface area (Å²) in [6.45, 7) is 3.80. The standard InChI is InChI=1S/C15H20ClN3O2S/c1-11-15(12(2)19-18-11)22(20,21)17-10-4-3-5-13-6-8-14(16)9-7-13/h6-9,17H,3-5,10H2,1-2H3,(H,18,19). The van der Waals surface area contributed by atoms with Crippen LogP contribution in [0.2, 0.25) is 5.02 Å². The number of aromatic nitrogens is 2. The van der Waals surface area contributed by atoms with Gasteiger partial charge in [0.1, 0.15) is 4.90 Å². The maximum atomic E-state index is 12.2. The number of benzene rings is 1. The third-order valence-corrected chi connectivity index (χ3v) is 5.40. The normalized spacial score (nSPS) is 11.8. The zero-order chi connectivity index (χ0) is 16.2. The number of H-pyrrole nitrogens is 1. The van der Waals surface area contributed by atoms with Gasteiger partial charge in [-0.3, -0.25) is 5.10 Å². The number of rotatable bonds is 7. The molecule has 0 aliphatic heterocycles. The molecule has 0 aliphatic carbocycles. The summed E-state index contributed by atoms with van der Waals surface area (Å²) in [6, 6.07) is 7.71. The number of nitrogens with one attached hydrogen (secondary N) is 2. The average Bonchev–Trinajstić information content (AvgIpc) is 2.80. The summed E-state index contributed by atoms with van der Waals surface area (Å²) in [5.74, 6) is 0. The van der Waals surface area contributed by atoms with Crippen LogP contribution in [0.1, 0.15) is 29.8 Å². The molecule has 120 valence electrons. The van der Waals surface area contributed by atoms with Gasteiger partial charge in [0.2, 0.25) is 10.0 Å². The maximum absolute atomic E-state index is 12.2. The number of unbranched alkanes of at least 4 members (excludes halogenated alkanes) is 1. The van der Waals surface area contributed by atoms with Gasteiger partial charge in [-0.1, -0.05) is 23.7 Å². The molecule has 0 aliphatic rings. The zero-order valence-electron chi connectivity index (χ0n) is 12.7. The van der Waals surface area contributed by atoms with E-state index in [1.54, 1.807) is 13.8 Å². The molecule has 0 amide bonds. The molecule has 0 unspecified atom stereocenters. The third kappa shape index (κ3) is 4.32. The highest BCUT2D eigenvalue weighted by molar-refractivity contribution is 7.89. The molecule has 0 atom stereocenters. The molecule has 2 N–H and O–H groups in total. The number of halogens is 1. The van der Waals surface area contributed by atoms with Crippen LogP contribution in [0.3, 0.4) is 0 Å². The van der Waals surface area contributed by atoms with Crippen molar-refractivity contribution < 1.29 is 8.42 Å². The van der Waals surface area contributed by atoms with E-state index < -0.39 is 10.0 Å². The van der Waals surface area contributed by atoms with E-state index in [1.807, 2.05) is 24.3 Å². The van der Waals surface area contributed by atoms with Gasteiger partial charge in [-0.25, -0.2) is 13.1 Å². The molecule has 0 saturated carbocycles. The predicted molar refractivity (Wildman–Crippen MR) is 87.6 cm³/mol. The largest absolute Gasteiger partial charge is 0.281 e. The molecule has 1 heterocycles. The first kappa shape index (κ1) is 17.0. The molecule has 1 aromatic carbocycles. The van der Waals surface area contributed by atoms with Crippen molar-refractivity contribution in [2.45, 2.75) is 38.0 Å². The summed E-state index contributed by atoms with van der Waals surface area (Å²) in [4.78, 5) is 0.255. The van der Waals surface area contributed by atoms with E-state index in [2.05, 4.69) is 14.9 Å². The van der Waals surface area contributed by atoms with E-state index in [9.17, 15) is 8.42 Å². The van der Waals surface area contributed by atoms with Gasteiger partial charge < -0.3 is 0 Å². The van der Waals surface area contributed by atoms with Crippen LogP contribution in [0, 0.1) is 13.8 Å². The lowest BCUT2D eigenvalue weighted by Gasteiger charge is -2.07. The first-order valence-electron chi connectivity index (χ1n) is 7.16. The number of hydrogen-bond donors (Lipinski definition) is 2. The second-order valence-electron chi connectivity index (χ2n) is 5.24. The molecule has 0 saturated heterocycles. The van der Waals surface area contributed by atoms with Gasteiger partial charge >= 0.3 is 0 Å². The number of hydrogen-bond acceptors (Lipinski definition) is 3. The Balaban J connectivity index is 1.80. The molecule has 7 heteroatoms. The smallest absolute Gasteiger partial charge is 0.244 e. The number of sulfonamides is 1. The lowest BCUT2D eigenvalue weighted by Crippen LogP contribution is -2.25. The summed E-state index contributed by atoms with van der Waals surface area (Å²) < 4.78 is 27.1. The Morgan fingerprint density at radius 1 is 1.18 bits per heavy atom. The quantitative estimate of drug-likeness (QED) is 0.760. The van der Waals surface area contributed by atoms with E-state index in [4.69, 9.17) is 11.6 Å². The SMILES string of the molecule is Cc1n[nH]c(C)c1S(=O)(=O)NCCCCc1ccc(Cl)cc1. The molecule has 2 aromatic rings. The van der Waals surface area contributed by atoms with Crippen molar-refractivity contribution in [3.05, 3.63) is 46.2 Å². The van der Waals surface area contributed by atoms with Crippen molar-refractivity contribution >= 4 is 21.6 Å². The van der Waals surface area contributed by atoms with Crippen LogP contribution in [-0.4, -0.2) is 25.2 Å². The zero-order valence-corrected chi connectivity index (χ0v) is 14.3. The molecule has 5 nitrogen and oxygen atoms in total. The number of aryl methyl sites for hydroxylation is 3. The van der Waals surface area contributed by atoms with E-state index in [0.717, 1.165) is 24.3 Å². The lowest BCUT2D eigenvalue weighted by molar-refractivity contribution is 0.575. The first-order valence-corrected chi connectivity index (χ1v) is 9.02. The van der Waals surface area contributed by atoms with Gasteiger partial charge in [-0.05, 0) is 50.8 Å². The van der Waals surface area contributed by atoms with E-state index >= 15 is 0 Å². The van der Waals surface area contributed by atoms with Gasteiger partial charge in [0.05, 0.1) is 11.4 Å². The maximum Gasteiger partial charge on any atom is 0.244 e. The number of nitrogens with zero attached hydrogens (tertiary/aromatic N) is 1. The Bertz CT molecular complexity index is 704. The molecular weight excluding hydrogens is 322 g/mol. The highest BCUT2D eigenvalue weighted by Gasteiger charge is 2.21. The minimum absolute atomic E-state index is 0.255. The molecule has 1 aromatic heterocycles. The average molecular weight is 342 g/mol. The Morgan fingerprint density at radius 3 is 2.45 bits per heavy atom. The summed E-state index contributed by atoms with van der Waals surface area (Å²) in [7, 11) is -3.49. The van der Waals surface area contributed by atoms with Crippen LogP contribution in [0.25, 0.3) is 0 Å². The van der Waals surface area contributed by atoms with Crippen LogP contribution >= 0.6 is 11.6 Å². The van der Waals surface area contributed by atoms with Crippen LogP contribution in [-0.2, 0) is 16.4 Å². The van der Waals surface area contributed by atoms with Crippen LogP contribution in [0.4, 0.5) is 0 Å². The van der Waals surface area contributed by atoms with Gasteiger partial charge in [-0.15, -0.1) is 0 Å². The summed E-state index contributed by atoms with van der Waals surface area (Å²) in [6.07, 6.45) is 2.59. The minimum atomic E-state index is -3.49. The van der Waals surface area contributed by atoms with E-state index in [-0.39, 0.29) is 4.90 Å². The van der Waals surface area contributed by atoms with Gasteiger partial charge in [-0.2, -0.15) is 5.10 Å². The Kier molecular flexibility index (Phi) is 5.61. The number of aromatic amines is 1. The highest BCUT2D eigenvalue weighted by atomic mass is 35.5. The topological polar surface area (TPSA) is 74.8 Å². The molecule has 22 heavy (non-hydrogen) atoms. The van der Waals surface area contributed by atoms with Crippen molar-refractivity contribution in [2.24, 2.45) is 0 Å².